The van der Waals surface area contributed by atoms with Crippen molar-refractivity contribution >= 4 is 0 Å². The van der Waals surface area contributed by atoms with Gasteiger partial charge in [-0.2, -0.15) is 5.10 Å². The zero-order valence-electron chi connectivity index (χ0n) is 10.1. The molecule has 0 saturated heterocycles. The summed E-state index contributed by atoms with van der Waals surface area (Å²) in [6, 6.07) is 11.9. The van der Waals surface area contributed by atoms with E-state index in [0.717, 1.165) is 17.8 Å². The van der Waals surface area contributed by atoms with Crippen LogP contribution in [0.1, 0.15) is 24.6 Å². The number of nitrogens with one attached hydrogen (secondary N) is 1. The summed E-state index contributed by atoms with van der Waals surface area (Å²) in [4.78, 5) is 0. The molecule has 2 aromatic rings. The first-order valence-corrected chi connectivity index (χ1v) is 5.85. The standard InChI is InChI=1S/C14H16N4/c1-2-3-9-13(16-15)14-10-11-18(17-14)12-7-5-4-6-8-12/h1,4-8,10-11,13,16H,3,9,15H2. The van der Waals surface area contributed by atoms with E-state index in [1.165, 1.54) is 0 Å². The number of hydrazine groups is 1. The van der Waals surface area contributed by atoms with Crippen molar-refractivity contribution in [1.29, 1.82) is 0 Å². The molecule has 0 spiro atoms. The molecule has 1 heterocycles. The molecule has 1 aromatic heterocycles. The molecule has 0 amide bonds. The van der Waals surface area contributed by atoms with Gasteiger partial charge in [0.1, 0.15) is 0 Å². The molecular weight excluding hydrogens is 224 g/mol. The summed E-state index contributed by atoms with van der Waals surface area (Å²) in [6.07, 6.45) is 8.63. The summed E-state index contributed by atoms with van der Waals surface area (Å²) >= 11 is 0. The van der Waals surface area contributed by atoms with Crippen molar-refractivity contribution in [3.8, 4) is 18.0 Å². The van der Waals surface area contributed by atoms with Gasteiger partial charge in [-0.1, -0.05) is 18.2 Å². The van der Waals surface area contributed by atoms with Gasteiger partial charge in [-0.15, -0.1) is 12.3 Å². The van der Waals surface area contributed by atoms with E-state index in [1.807, 2.05) is 47.3 Å². The highest BCUT2D eigenvalue weighted by Gasteiger charge is 2.12. The Bertz CT molecular complexity index is 524. The normalized spacial score (nSPS) is 12.0. The minimum atomic E-state index is -0.00832. The molecule has 0 bridgehead atoms. The van der Waals surface area contributed by atoms with Crippen molar-refractivity contribution in [2.75, 3.05) is 0 Å². The highest BCUT2D eigenvalue weighted by atomic mass is 15.3. The third kappa shape index (κ3) is 2.77. The van der Waals surface area contributed by atoms with Gasteiger partial charge >= 0.3 is 0 Å². The van der Waals surface area contributed by atoms with Crippen LogP contribution in [0.15, 0.2) is 42.6 Å². The van der Waals surface area contributed by atoms with Crippen LogP contribution in [0.3, 0.4) is 0 Å². The fourth-order valence-electron chi connectivity index (χ4n) is 1.79. The van der Waals surface area contributed by atoms with Gasteiger partial charge in [0.25, 0.3) is 0 Å². The molecule has 0 aliphatic rings. The van der Waals surface area contributed by atoms with Crippen molar-refractivity contribution in [2.24, 2.45) is 5.84 Å². The van der Waals surface area contributed by atoms with Gasteiger partial charge in [0.2, 0.25) is 0 Å². The predicted octanol–water partition coefficient (Wildman–Crippen LogP) is 1.79. The number of hydrogen-bond acceptors (Lipinski definition) is 3. The number of nitrogens with two attached hydrogens (primary N) is 1. The molecule has 92 valence electrons. The average Bonchev–Trinajstić information content (AvgIpc) is 2.90. The van der Waals surface area contributed by atoms with Crippen molar-refractivity contribution in [3.63, 3.8) is 0 Å². The van der Waals surface area contributed by atoms with Crippen LogP contribution in [-0.4, -0.2) is 9.78 Å². The summed E-state index contributed by atoms with van der Waals surface area (Å²) in [5.74, 6) is 8.14. The maximum atomic E-state index is 5.53. The molecule has 0 aliphatic carbocycles. The monoisotopic (exact) mass is 240 g/mol. The molecule has 0 saturated carbocycles. The van der Waals surface area contributed by atoms with Crippen molar-refractivity contribution in [1.82, 2.24) is 15.2 Å². The van der Waals surface area contributed by atoms with E-state index >= 15 is 0 Å². The molecule has 1 unspecified atom stereocenters. The Kier molecular flexibility index (Phi) is 4.13. The minimum absolute atomic E-state index is 0.00832. The van der Waals surface area contributed by atoms with E-state index in [2.05, 4.69) is 16.4 Å². The van der Waals surface area contributed by atoms with E-state index < -0.39 is 0 Å². The highest BCUT2D eigenvalue weighted by molar-refractivity contribution is 5.30. The Morgan fingerprint density at radius 1 is 1.33 bits per heavy atom. The van der Waals surface area contributed by atoms with Gasteiger partial charge in [-0.05, 0) is 24.6 Å². The number of benzene rings is 1. The maximum absolute atomic E-state index is 5.53. The summed E-state index contributed by atoms with van der Waals surface area (Å²) in [5, 5.41) is 4.51. The third-order valence-corrected chi connectivity index (χ3v) is 2.77. The molecule has 1 atom stereocenters. The van der Waals surface area contributed by atoms with Gasteiger partial charge in [0, 0.05) is 12.6 Å². The number of nitrogens with zero attached hydrogens (tertiary/aromatic N) is 2. The van der Waals surface area contributed by atoms with Gasteiger partial charge in [-0.25, -0.2) is 4.68 Å². The lowest BCUT2D eigenvalue weighted by Crippen LogP contribution is -2.28. The third-order valence-electron chi connectivity index (χ3n) is 2.77. The van der Waals surface area contributed by atoms with E-state index in [-0.39, 0.29) is 6.04 Å². The molecule has 2 rings (SSSR count). The molecule has 0 radical (unpaired) electrons. The van der Waals surface area contributed by atoms with Gasteiger partial charge in [-0.3, -0.25) is 11.3 Å². The molecule has 0 aliphatic heterocycles. The van der Waals surface area contributed by atoms with Crippen LogP contribution in [0, 0.1) is 12.3 Å². The van der Waals surface area contributed by atoms with Crippen LogP contribution in [0.5, 0.6) is 0 Å². The van der Waals surface area contributed by atoms with Crippen molar-refractivity contribution in [2.45, 2.75) is 18.9 Å². The number of hydrogen-bond donors (Lipinski definition) is 2. The second-order valence-electron chi connectivity index (χ2n) is 3.98. The Morgan fingerprint density at radius 3 is 2.78 bits per heavy atom. The molecule has 3 N–H and O–H groups in total. The fourth-order valence-corrected chi connectivity index (χ4v) is 1.79. The van der Waals surface area contributed by atoms with Gasteiger partial charge in [0.05, 0.1) is 17.4 Å². The number of aromatic nitrogens is 2. The van der Waals surface area contributed by atoms with E-state index in [4.69, 9.17) is 12.3 Å². The maximum Gasteiger partial charge on any atom is 0.0812 e. The lowest BCUT2D eigenvalue weighted by atomic mass is 10.1. The largest absolute Gasteiger partial charge is 0.271 e. The lowest BCUT2D eigenvalue weighted by Gasteiger charge is -2.11. The second kappa shape index (κ2) is 6.01. The molecule has 0 fully saturated rings. The number of rotatable bonds is 5. The van der Waals surface area contributed by atoms with E-state index in [0.29, 0.717) is 6.42 Å². The topological polar surface area (TPSA) is 55.9 Å². The fraction of sp³-hybridized carbons (Fsp3) is 0.214. The average molecular weight is 240 g/mol. The molecule has 1 aromatic carbocycles. The first-order valence-electron chi connectivity index (χ1n) is 5.85. The first kappa shape index (κ1) is 12.4. The number of para-hydroxylation sites is 1. The van der Waals surface area contributed by atoms with E-state index in [1.54, 1.807) is 0 Å². The van der Waals surface area contributed by atoms with Crippen LogP contribution in [-0.2, 0) is 0 Å². The predicted molar refractivity (Wildman–Crippen MR) is 71.7 cm³/mol. The zero-order chi connectivity index (χ0) is 12.8. The zero-order valence-corrected chi connectivity index (χ0v) is 10.1. The SMILES string of the molecule is C#CCCC(NN)c1ccn(-c2ccccc2)n1. The Morgan fingerprint density at radius 2 is 2.11 bits per heavy atom. The number of terminal acetylenes is 1. The Balaban J connectivity index is 2.17. The molecular formula is C14H16N4. The first-order chi connectivity index (χ1) is 8.85. The smallest absolute Gasteiger partial charge is 0.0812 e. The van der Waals surface area contributed by atoms with Crippen LogP contribution in [0.25, 0.3) is 5.69 Å². The van der Waals surface area contributed by atoms with Crippen molar-refractivity contribution in [3.05, 3.63) is 48.3 Å². The highest BCUT2D eigenvalue weighted by Crippen LogP contribution is 2.16. The van der Waals surface area contributed by atoms with Crippen LogP contribution >= 0.6 is 0 Å². The van der Waals surface area contributed by atoms with Gasteiger partial charge < -0.3 is 0 Å². The van der Waals surface area contributed by atoms with Crippen LogP contribution in [0.4, 0.5) is 0 Å². The summed E-state index contributed by atoms with van der Waals surface area (Å²) in [5.41, 5.74) is 4.67. The molecule has 18 heavy (non-hydrogen) atoms. The Labute approximate surface area is 107 Å². The van der Waals surface area contributed by atoms with Crippen LogP contribution < -0.4 is 11.3 Å². The summed E-state index contributed by atoms with van der Waals surface area (Å²) in [7, 11) is 0. The summed E-state index contributed by atoms with van der Waals surface area (Å²) in [6.45, 7) is 0. The van der Waals surface area contributed by atoms with Gasteiger partial charge in [0.15, 0.2) is 0 Å². The lowest BCUT2D eigenvalue weighted by molar-refractivity contribution is 0.507. The van der Waals surface area contributed by atoms with E-state index in [9.17, 15) is 0 Å². The summed E-state index contributed by atoms with van der Waals surface area (Å²) < 4.78 is 1.83. The van der Waals surface area contributed by atoms with Crippen LogP contribution in [0.2, 0.25) is 0 Å². The Hall–Kier alpha value is -2.09. The molecule has 4 heteroatoms. The minimum Gasteiger partial charge on any atom is -0.271 e. The second-order valence-corrected chi connectivity index (χ2v) is 3.98. The molecule has 4 nitrogen and oxygen atoms in total. The quantitative estimate of drug-likeness (QED) is 0.476. The van der Waals surface area contributed by atoms with Crippen molar-refractivity contribution < 1.29 is 0 Å².